The average Bonchev–Trinajstić information content (AvgIpc) is 2.71. The van der Waals surface area contributed by atoms with Gasteiger partial charge in [-0.05, 0) is 19.1 Å². The van der Waals surface area contributed by atoms with Crippen LogP contribution in [0.3, 0.4) is 0 Å². The second kappa shape index (κ2) is 5.82. The van der Waals surface area contributed by atoms with Crippen molar-refractivity contribution in [1.82, 2.24) is 4.98 Å². The molecule has 6 nitrogen and oxygen atoms in total. The normalized spacial score (nSPS) is 11.6. The van der Waals surface area contributed by atoms with E-state index in [9.17, 15) is 22.0 Å². The van der Waals surface area contributed by atoms with E-state index in [0.717, 1.165) is 0 Å². The van der Waals surface area contributed by atoms with Gasteiger partial charge in [-0.15, -0.1) is 0 Å². The van der Waals surface area contributed by atoms with Gasteiger partial charge >= 0.3 is 11.5 Å². The number of sulfonamides is 1. The molecule has 0 aliphatic carbocycles. The van der Waals surface area contributed by atoms with E-state index >= 15 is 0 Å². The van der Waals surface area contributed by atoms with Gasteiger partial charge in [0, 0.05) is 5.69 Å². The van der Waals surface area contributed by atoms with Crippen molar-refractivity contribution in [3.63, 3.8) is 0 Å². The van der Waals surface area contributed by atoms with Crippen molar-refractivity contribution in [2.75, 3.05) is 4.72 Å². The molecule has 2 N–H and O–H groups in total. The number of hydrogen-bond donors (Lipinski definition) is 2. The van der Waals surface area contributed by atoms with E-state index in [0.29, 0.717) is 11.3 Å². The highest BCUT2D eigenvalue weighted by Crippen LogP contribution is 2.29. The number of para-hydroxylation sites is 2. The number of benzene rings is 1. The number of H-pyrrole nitrogens is 1. The fraction of sp³-hybridized carbons (Fsp3) is 0.182. The molecule has 0 aliphatic heterocycles. The lowest BCUT2D eigenvalue weighted by Crippen LogP contribution is -2.14. The SMILES string of the molecule is Cc1[nH]c(=O)sc1S(=O)(=O)Nc1ccccc1OC(F)F. The summed E-state index contributed by atoms with van der Waals surface area (Å²) in [5.74, 6) is -0.309. The van der Waals surface area contributed by atoms with Crippen molar-refractivity contribution in [3.8, 4) is 5.75 Å². The number of anilines is 1. The zero-order valence-electron chi connectivity index (χ0n) is 10.6. The Morgan fingerprint density at radius 2 is 2.00 bits per heavy atom. The molecule has 0 saturated carbocycles. The minimum absolute atomic E-state index is 0.141. The van der Waals surface area contributed by atoms with Crippen LogP contribution in [0, 0.1) is 6.92 Å². The van der Waals surface area contributed by atoms with E-state index < -0.39 is 21.5 Å². The Labute approximate surface area is 122 Å². The zero-order chi connectivity index (χ0) is 15.6. The standard InChI is InChI=1S/C11H10F2N2O4S2/c1-6-9(20-11(16)14-6)21(17,18)15-7-4-2-3-5-8(7)19-10(12)13/h2-5,10,15H,1H3,(H,14,16). The second-order valence-electron chi connectivity index (χ2n) is 3.91. The number of alkyl halides is 2. The van der Waals surface area contributed by atoms with Gasteiger partial charge < -0.3 is 9.72 Å². The van der Waals surface area contributed by atoms with Crippen LogP contribution in [0.5, 0.6) is 5.75 Å². The highest BCUT2D eigenvalue weighted by atomic mass is 32.2. The first-order valence-electron chi connectivity index (χ1n) is 5.56. The zero-order valence-corrected chi connectivity index (χ0v) is 12.2. The predicted octanol–water partition coefficient (Wildman–Crippen LogP) is 2.15. The van der Waals surface area contributed by atoms with Crippen LogP contribution in [0.25, 0.3) is 0 Å². The maximum absolute atomic E-state index is 12.3. The Morgan fingerprint density at radius 3 is 2.57 bits per heavy atom. The molecule has 114 valence electrons. The van der Waals surface area contributed by atoms with E-state index in [1.54, 1.807) is 0 Å². The van der Waals surface area contributed by atoms with Crippen LogP contribution in [-0.4, -0.2) is 20.0 Å². The summed E-state index contributed by atoms with van der Waals surface area (Å²) >= 11 is 0.510. The third-order valence-electron chi connectivity index (χ3n) is 2.37. The summed E-state index contributed by atoms with van der Waals surface area (Å²) in [6.07, 6.45) is 0. The van der Waals surface area contributed by atoms with Gasteiger partial charge in [0.15, 0.2) is 4.21 Å². The molecule has 0 spiro atoms. The van der Waals surface area contributed by atoms with E-state index in [2.05, 4.69) is 14.4 Å². The molecule has 0 unspecified atom stereocenters. The summed E-state index contributed by atoms with van der Waals surface area (Å²) in [5, 5.41) is 0. The molecule has 0 bridgehead atoms. The number of hydrogen-bond acceptors (Lipinski definition) is 5. The summed E-state index contributed by atoms with van der Waals surface area (Å²) in [7, 11) is -4.07. The first-order chi connectivity index (χ1) is 9.79. The molecule has 0 amide bonds. The first-order valence-corrected chi connectivity index (χ1v) is 7.86. The van der Waals surface area contributed by atoms with Crippen molar-refractivity contribution in [2.24, 2.45) is 0 Å². The molecule has 1 aromatic carbocycles. The van der Waals surface area contributed by atoms with E-state index in [-0.39, 0.29) is 21.3 Å². The highest BCUT2D eigenvalue weighted by molar-refractivity contribution is 7.94. The lowest BCUT2D eigenvalue weighted by Gasteiger charge is -2.12. The van der Waals surface area contributed by atoms with Gasteiger partial charge in [-0.1, -0.05) is 23.5 Å². The highest BCUT2D eigenvalue weighted by Gasteiger charge is 2.22. The lowest BCUT2D eigenvalue weighted by molar-refractivity contribution is -0.0493. The predicted molar refractivity (Wildman–Crippen MR) is 73.6 cm³/mol. The van der Waals surface area contributed by atoms with Gasteiger partial charge in [0.2, 0.25) is 0 Å². The van der Waals surface area contributed by atoms with Gasteiger partial charge in [0.1, 0.15) is 5.75 Å². The number of aromatic amines is 1. The van der Waals surface area contributed by atoms with Crippen molar-refractivity contribution in [2.45, 2.75) is 17.7 Å². The van der Waals surface area contributed by atoms with Crippen molar-refractivity contribution >= 4 is 27.0 Å². The fourth-order valence-electron chi connectivity index (χ4n) is 1.59. The largest absolute Gasteiger partial charge is 0.433 e. The molecule has 1 heterocycles. The Bertz CT molecular complexity index is 799. The van der Waals surface area contributed by atoms with Crippen LogP contribution in [0.15, 0.2) is 33.3 Å². The van der Waals surface area contributed by atoms with E-state index in [1.807, 2.05) is 0 Å². The third kappa shape index (κ3) is 3.58. The molecule has 1 aromatic heterocycles. The fourth-order valence-corrected chi connectivity index (χ4v) is 3.96. The Kier molecular flexibility index (Phi) is 4.28. The Balaban J connectivity index is 2.37. The molecular weight excluding hydrogens is 326 g/mol. The number of aromatic nitrogens is 1. The lowest BCUT2D eigenvalue weighted by atomic mass is 10.3. The van der Waals surface area contributed by atoms with Gasteiger partial charge in [-0.2, -0.15) is 8.78 Å². The minimum Gasteiger partial charge on any atom is -0.433 e. The van der Waals surface area contributed by atoms with Crippen LogP contribution in [0.1, 0.15) is 5.69 Å². The molecule has 0 saturated heterocycles. The van der Waals surface area contributed by atoms with Crippen LogP contribution in [0.4, 0.5) is 14.5 Å². The monoisotopic (exact) mass is 336 g/mol. The smallest absolute Gasteiger partial charge is 0.387 e. The van der Waals surface area contributed by atoms with Crippen LogP contribution in [-0.2, 0) is 10.0 Å². The van der Waals surface area contributed by atoms with Gasteiger partial charge in [-0.25, -0.2) is 8.42 Å². The molecule has 2 rings (SSSR count). The number of rotatable bonds is 5. The number of thiazole rings is 1. The third-order valence-corrected chi connectivity index (χ3v) is 5.34. The maximum Gasteiger partial charge on any atom is 0.387 e. The summed E-state index contributed by atoms with van der Waals surface area (Å²) in [6.45, 7) is -1.66. The number of halogens is 2. The maximum atomic E-state index is 12.3. The van der Waals surface area contributed by atoms with E-state index in [1.165, 1.54) is 31.2 Å². The quantitative estimate of drug-likeness (QED) is 0.876. The number of aryl methyl sites for hydroxylation is 1. The molecular formula is C11H10F2N2O4S2. The van der Waals surface area contributed by atoms with Gasteiger partial charge in [0.25, 0.3) is 10.0 Å². The average molecular weight is 336 g/mol. The first kappa shape index (κ1) is 15.4. The molecule has 2 aromatic rings. The Hall–Kier alpha value is -1.94. The molecule has 21 heavy (non-hydrogen) atoms. The summed E-state index contributed by atoms with van der Waals surface area (Å²) in [4.78, 5) is 13.0. The molecule has 0 aliphatic rings. The number of ether oxygens (including phenoxy) is 1. The van der Waals surface area contributed by atoms with Crippen molar-refractivity contribution in [1.29, 1.82) is 0 Å². The molecule has 0 atom stereocenters. The summed E-state index contributed by atoms with van der Waals surface area (Å²) in [5.41, 5.74) is 0.0304. The molecule has 0 fully saturated rings. The molecule has 10 heteroatoms. The van der Waals surface area contributed by atoms with Gasteiger partial charge in [0.05, 0.1) is 5.69 Å². The summed E-state index contributed by atoms with van der Waals surface area (Å²) < 4.78 is 55.1. The van der Waals surface area contributed by atoms with Crippen molar-refractivity contribution < 1.29 is 21.9 Å². The minimum atomic E-state index is -4.07. The topological polar surface area (TPSA) is 88.3 Å². The van der Waals surface area contributed by atoms with E-state index in [4.69, 9.17) is 0 Å². The van der Waals surface area contributed by atoms with Crippen LogP contribution < -0.4 is 14.3 Å². The van der Waals surface area contributed by atoms with Gasteiger partial charge in [-0.3, -0.25) is 9.52 Å². The van der Waals surface area contributed by atoms with Crippen molar-refractivity contribution in [3.05, 3.63) is 39.6 Å². The van der Waals surface area contributed by atoms with Crippen LogP contribution in [0.2, 0.25) is 0 Å². The van der Waals surface area contributed by atoms with Crippen LogP contribution >= 0.6 is 11.3 Å². The number of nitrogens with one attached hydrogen (secondary N) is 2. The Morgan fingerprint density at radius 1 is 1.33 bits per heavy atom. The summed E-state index contributed by atoms with van der Waals surface area (Å²) in [6, 6.07) is 5.37. The molecule has 0 radical (unpaired) electrons. The second-order valence-corrected chi connectivity index (χ2v) is 6.77.